The minimum Gasteiger partial charge on any atom is -0.293 e. The predicted molar refractivity (Wildman–Crippen MR) is 88.2 cm³/mol. The monoisotopic (exact) mass is 280 g/mol. The summed E-state index contributed by atoms with van der Waals surface area (Å²) < 4.78 is 0. The molecule has 118 valence electrons. The van der Waals surface area contributed by atoms with Crippen molar-refractivity contribution >= 4 is 0 Å². The maximum atomic E-state index is 2.94. The van der Waals surface area contributed by atoms with Crippen LogP contribution in [0.5, 0.6) is 0 Å². The molecule has 2 bridgehead atoms. The van der Waals surface area contributed by atoms with Crippen molar-refractivity contribution in [2.24, 2.45) is 0 Å². The highest BCUT2D eigenvalue weighted by molar-refractivity contribution is 5.07. The Hall–Kier alpha value is -0.0800. The fourth-order valence-electron chi connectivity index (χ4n) is 5.12. The van der Waals surface area contributed by atoms with Gasteiger partial charge in [0.25, 0.3) is 0 Å². The molecule has 2 saturated carbocycles. The summed E-state index contributed by atoms with van der Waals surface area (Å²) in [6.45, 7) is 10.8. The minimum atomic E-state index is 0.946. The van der Waals surface area contributed by atoms with Gasteiger partial charge in [0.05, 0.1) is 0 Å². The normalized spacial score (nSPS) is 45.0. The molecule has 2 nitrogen and oxygen atoms in total. The van der Waals surface area contributed by atoms with Crippen molar-refractivity contribution in [2.75, 3.05) is 13.1 Å². The molecule has 3 heterocycles. The number of rotatable bonds is 0. The summed E-state index contributed by atoms with van der Waals surface area (Å²) in [4.78, 5) is 5.88. The van der Waals surface area contributed by atoms with Crippen LogP contribution in [0.3, 0.4) is 0 Å². The molecule has 0 aromatic heterocycles. The van der Waals surface area contributed by atoms with Crippen molar-refractivity contribution in [1.29, 1.82) is 0 Å². The zero-order valence-corrected chi connectivity index (χ0v) is 14.3. The van der Waals surface area contributed by atoms with Gasteiger partial charge in [-0.25, -0.2) is 0 Å². The first-order chi connectivity index (χ1) is 9.95. The largest absolute Gasteiger partial charge is 0.293 e. The maximum absolute atomic E-state index is 2.94. The third kappa shape index (κ3) is 2.78. The van der Waals surface area contributed by atoms with Gasteiger partial charge >= 0.3 is 0 Å². The van der Waals surface area contributed by atoms with Gasteiger partial charge in [0.15, 0.2) is 0 Å². The molecule has 2 heteroatoms. The summed E-state index contributed by atoms with van der Waals surface area (Å²) in [5, 5.41) is 0. The molecule has 0 amide bonds. The van der Waals surface area contributed by atoms with Crippen molar-refractivity contribution < 1.29 is 0 Å². The maximum Gasteiger partial charge on any atom is 0.0255 e. The Morgan fingerprint density at radius 2 is 0.750 bits per heavy atom. The van der Waals surface area contributed by atoms with E-state index in [4.69, 9.17) is 0 Å². The molecule has 0 aromatic carbocycles. The third-order valence-electron chi connectivity index (χ3n) is 5.71. The van der Waals surface area contributed by atoms with Crippen LogP contribution >= 0.6 is 0 Å². The summed E-state index contributed by atoms with van der Waals surface area (Å²) in [6, 6.07) is 3.78. The lowest BCUT2D eigenvalue weighted by molar-refractivity contribution is -0.138. The van der Waals surface area contributed by atoms with Crippen molar-refractivity contribution in [2.45, 2.75) is 103 Å². The Morgan fingerprint density at radius 3 is 1.00 bits per heavy atom. The summed E-state index contributed by atoms with van der Waals surface area (Å²) in [5.74, 6) is 0. The van der Waals surface area contributed by atoms with Gasteiger partial charge in [-0.3, -0.25) is 9.80 Å². The van der Waals surface area contributed by atoms with Gasteiger partial charge in [-0.1, -0.05) is 53.4 Å². The highest BCUT2D eigenvalue weighted by Crippen LogP contribution is 2.43. The van der Waals surface area contributed by atoms with Crippen LogP contribution in [-0.4, -0.2) is 47.1 Å². The Bertz CT molecular complexity index is 227. The summed E-state index contributed by atoms with van der Waals surface area (Å²) in [7, 11) is 0. The van der Waals surface area contributed by atoms with E-state index in [1.54, 1.807) is 0 Å². The molecule has 0 N–H and O–H groups in total. The summed E-state index contributed by atoms with van der Waals surface area (Å²) >= 11 is 0. The Labute approximate surface area is 126 Å². The van der Waals surface area contributed by atoms with Gasteiger partial charge < -0.3 is 0 Å². The standard InChI is InChI=1S/C14H24N2.2C2H6/c1-2-6-12-11(5-1)15-9-10-16(12)14-8-4-3-7-13(14)15;2*1-2/h11-14H,1-10H2;2*1-2H3. The summed E-state index contributed by atoms with van der Waals surface area (Å²) in [5.41, 5.74) is 0. The number of fused-ring (bicyclic) bond motifs is 1. The molecule has 0 radical (unpaired) electrons. The minimum absolute atomic E-state index is 0.946. The van der Waals surface area contributed by atoms with E-state index in [1.807, 2.05) is 27.7 Å². The SMILES string of the molecule is C1CCC2C(C1)N1CCN2C2CCCCC21.CC.CC. The average molecular weight is 280 g/mol. The van der Waals surface area contributed by atoms with Crippen molar-refractivity contribution in [3.05, 3.63) is 0 Å². The predicted octanol–water partition coefficient (Wildman–Crippen LogP) is 4.29. The molecule has 4 atom stereocenters. The zero-order chi connectivity index (χ0) is 14.5. The number of piperazine rings is 3. The second-order valence-corrected chi connectivity index (χ2v) is 6.31. The molecule has 5 rings (SSSR count). The second-order valence-electron chi connectivity index (χ2n) is 6.31. The van der Waals surface area contributed by atoms with Crippen LogP contribution in [-0.2, 0) is 0 Å². The quantitative estimate of drug-likeness (QED) is 0.653. The van der Waals surface area contributed by atoms with Crippen LogP contribution in [0, 0.1) is 0 Å². The van der Waals surface area contributed by atoms with E-state index >= 15 is 0 Å². The molecule has 0 aromatic rings. The molecule has 4 unspecified atom stereocenters. The fourth-order valence-corrected chi connectivity index (χ4v) is 5.12. The highest BCUT2D eigenvalue weighted by Gasteiger charge is 2.51. The highest BCUT2D eigenvalue weighted by atomic mass is 15.4. The van der Waals surface area contributed by atoms with Crippen LogP contribution in [0.4, 0.5) is 0 Å². The van der Waals surface area contributed by atoms with Crippen LogP contribution in [0.2, 0.25) is 0 Å². The molecular weight excluding hydrogens is 244 g/mol. The van der Waals surface area contributed by atoms with E-state index in [-0.39, 0.29) is 0 Å². The van der Waals surface area contributed by atoms with E-state index < -0.39 is 0 Å². The Morgan fingerprint density at radius 1 is 0.500 bits per heavy atom. The zero-order valence-electron chi connectivity index (χ0n) is 14.3. The van der Waals surface area contributed by atoms with Gasteiger partial charge in [0.2, 0.25) is 0 Å². The van der Waals surface area contributed by atoms with E-state index in [0.29, 0.717) is 0 Å². The number of hydrogen-bond donors (Lipinski definition) is 0. The van der Waals surface area contributed by atoms with Crippen LogP contribution in [0.15, 0.2) is 0 Å². The lowest BCUT2D eigenvalue weighted by Gasteiger charge is -2.63. The molecule has 0 spiro atoms. The van der Waals surface area contributed by atoms with Gasteiger partial charge in [-0.15, -0.1) is 0 Å². The molecule has 3 saturated heterocycles. The van der Waals surface area contributed by atoms with Gasteiger partial charge in [0, 0.05) is 37.3 Å². The van der Waals surface area contributed by atoms with Crippen molar-refractivity contribution in [3.63, 3.8) is 0 Å². The van der Waals surface area contributed by atoms with Gasteiger partial charge in [0.1, 0.15) is 0 Å². The molecule has 3 aliphatic heterocycles. The molecule has 5 fully saturated rings. The molecule has 5 aliphatic rings. The van der Waals surface area contributed by atoms with Gasteiger partial charge in [-0.2, -0.15) is 0 Å². The third-order valence-corrected chi connectivity index (χ3v) is 5.71. The second kappa shape index (κ2) is 7.79. The van der Waals surface area contributed by atoms with Crippen LogP contribution in [0.1, 0.15) is 79.1 Å². The average Bonchev–Trinajstić information content (AvgIpc) is 2.59. The Balaban J connectivity index is 0.000000340. The lowest BCUT2D eigenvalue weighted by atomic mass is 9.75. The first kappa shape index (κ1) is 16.3. The van der Waals surface area contributed by atoms with Gasteiger partial charge in [-0.05, 0) is 25.7 Å². The van der Waals surface area contributed by atoms with E-state index in [9.17, 15) is 0 Å². The first-order valence-corrected chi connectivity index (χ1v) is 9.46. The van der Waals surface area contributed by atoms with Crippen LogP contribution < -0.4 is 0 Å². The lowest BCUT2D eigenvalue weighted by Crippen LogP contribution is -2.75. The van der Waals surface area contributed by atoms with E-state index in [1.165, 1.54) is 64.5 Å². The fraction of sp³-hybridized carbons (Fsp3) is 1.00. The number of hydrogen-bond acceptors (Lipinski definition) is 2. The molecule has 2 aliphatic carbocycles. The van der Waals surface area contributed by atoms with E-state index in [0.717, 1.165) is 24.2 Å². The molecular formula is C18H36N2. The topological polar surface area (TPSA) is 6.48 Å². The summed E-state index contributed by atoms with van der Waals surface area (Å²) in [6.07, 6.45) is 11.9. The molecule has 20 heavy (non-hydrogen) atoms. The Kier molecular flexibility index (Phi) is 6.35. The first-order valence-electron chi connectivity index (χ1n) is 9.46. The van der Waals surface area contributed by atoms with Crippen molar-refractivity contribution in [1.82, 2.24) is 9.80 Å². The van der Waals surface area contributed by atoms with E-state index in [2.05, 4.69) is 9.80 Å². The van der Waals surface area contributed by atoms with Crippen LogP contribution in [0.25, 0.3) is 0 Å². The number of nitrogens with zero attached hydrogens (tertiary/aromatic N) is 2. The smallest absolute Gasteiger partial charge is 0.0255 e. The van der Waals surface area contributed by atoms with Crippen molar-refractivity contribution in [3.8, 4) is 0 Å².